The minimum atomic E-state index is -0.733. The van der Waals surface area contributed by atoms with Crippen molar-refractivity contribution in [1.29, 1.82) is 0 Å². The summed E-state index contributed by atoms with van der Waals surface area (Å²) >= 11 is 7.02. The third kappa shape index (κ3) is 4.01. The first-order valence-electron chi connectivity index (χ1n) is 9.00. The molecular formula is C21H18ClNO6S. The largest absolute Gasteiger partial charge is 0.462 e. The second-order valence-corrected chi connectivity index (χ2v) is 7.99. The molecule has 0 aliphatic rings. The first-order valence-corrected chi connectivity index (χ1v) is 10.2. The van der Waals surface area contributed by atoms with Gasteiger partial charge in [-0.2, -0.15) is 0 Å². The fourth-order valence-electron chi connectivity index (χ4n) is 2.94. The van der Waals surface area contributed by atoms with Gasteiger partial charge >= 0.3 is 5.97 Å². The van der Waals surface area contributed by atoms with E-state index in [1.165, 1.54) is 13.0 Å². The number of halogens is 1. The second kappa shape index (κ2) is 8.41. The van der Waals surface area contributed by atoms with Crippen molar-refractivity contribution in [1.82, 2.24) is 0 Å². The Hall–Kier alpha value is -2.97. The summed E-state index contributed by atoms with van der Waals surface area (Å²) in [5.74, 6) is -1.87. The van der Waals surface area contributed by atoms with Gasteiger partial charge in [-0.05, 0) is 51.0 Å². The van der Waals surface area contributed by atoms with Crippen molar-refractivity contribution in [2.75, 3.05) is 11.9 Å². The van der Waals surface area contributed by atoms with Crippen LogP contribution in [-0.4, -0.2) is 24.3 Å². The number of anilines is 1. The van der Waals surface area contributed by atoms with Gasteiger partial charge in [0.2, 0.25) is 0 Å². The number of amides is 1. The molecule has 3 rings (SSSR count). The number of nitrogens with one attached hydrogen (secondary N) is 1. The smallest absolute Gasteiger partial charge is 0.341 e. The minimum absolute atomic E-state index is 0.103. The highest BCUT2D eigenvalue weighted by atomic mass is 35.5. The van der Waals surface area contributed by atoms with E-state index in [-0.39, 0.29) is 39.7 Å². The Morgan fingerprint density at radius 1 is 1.20 bits per heavy atom. The number of hydrogen-bond acceptors (Lipinski definition) is 7. The summed E-state index contributed by atoms with van der Waals surface area (Å²) in [6.07, 6.45) is 0. The molecular weight excluding hydrogens is 430 g/mol. The highest BCUT2D eigenvalue weighted by Gasteiger charge is 2.26. The number of carbonyl (C=O) groups excluding carboxylic acids is 3. The molecule has 2 heterocycles. The average Bonchev–Trinajstić information content (AvgIpc) is 2.99. The predicted octanol–water partition coefficient (Wildman–Crippen LogP) is 4.76. The molecule has 0 spiro atoms. The van der Waals surface area contributed by atoms with Crippen LogP contribution in [-0.2, 0) is 4.74 Å². The van der Waals surface area contributed by atoms with Gasteiger partial charge in [0.1, 0.15) is 10.6 Å². The zero-order valence-corrected chi connectivity index (χ0v) is 18.2. The molecule has 2 aromatic heterocycles. The van der Waals surface area contributed by atoms with Gasteiger partial charge < -0.3 is 14.5 Å². The van der Waals surface area contributed by atoms with E-state index in [2.05, 4.69) is 5.32 Å². The third-order valence-electron chi connectivity index (χ3n) is 4.41. The van der Waals surface area contributed by atoms with Gasteiger partial charge in [-0.3, -0.25) is 14.4 Å². The number of esters is 1. The van der Waals surface area contributed by atoms with Gasteiger partial charge in [-0.1, -0.05) is 11.6 Å². The number of rotatable bonds is 5. The lowest BCUT2D eigenvalue weighted by molar-refractivity contribution is 0.0527. The number of Topliss-reactive ketones (excluding diaryl/α,β-unsaturated/α-hetero) is 1. The summed E-state index contributed by atoms with van der Waals surface area (Å²) in [6.45, 7) is 6.52. The highest BCUT2D eigenvalue weighted by molar-refractivity contribution is 7.18. The molecule has 0 atom stereocenters. The van der Waals surface area contributed by atoms with Crippen LogP contribution in [0.3, 0.4) is 0 Å². The number of benzene rings is 1. The Morgan fingerprint density at radius 3 is 2.53 bits per heavy atom. The van der Waals surface area contributed by atoms with Crippen molar-refractivity contribution < 1.29 is 23.5 Å². The SMILES string of the molecule is CCOC(=O)c1c(NC(=O)c2cc(=O)c3cc(Cl)c(C)cc3o2)sc(C(C)=O)c1C. The van der Waals surface area contributed by atoms with E-state index < -0.39 is 17.3 Å². The first kappa shape index (κ1) is 21.7. The van der Waals surface area contributed by atoms with Crippen LogP contribution in [0.1, 0.15) is 55.6 Å². The van der Waals surface area contributed by atoms with Crippen molar-refractivity contribution in [3.05, 3.63) is 60.8 Å². The van der Waals surface area contributed by atoms with Crippen molar-refractivity contribution in [3.63, 3.8) is 0 Å². The van der Waals surface area contributed by atoms with E-state index >= 15 is 0 Å². The van der Waals surface area contributed by atoms with Gasteiger partial charge in [0.15, 0.2) is 17.0 Å². The quantitative estimate of drug-likeness (QED) is 0.447. The molecule has 0 bridgehead atoms. The van der Waals surface area contributed by atoms with Gasteiger partial charge in [-0.25, -0.2) is 4.79 Å². The van der Waals surface area contributed by atoms with Gasteiger partial charge in [0.25, 0.3) is 5.91 Å². The number of fused-ring (bicyclic) bond motifs is 1. The van der Waals surface area contributed by atoms with Crippen LogP contribution in [0, 0.1) is 13.8 Å². The molecule has 0 radical (unpaired) electrons. The van der Waals surface area contributed by atoms with Crippen LogP contribution in [0.5, 0.6) is 0 Å². The van der Waals surface area contributed by atoms with Crippen molar-refractivity contribution in [2.45, 2.75) is 27.7 Å². The number of aryl methyl sites for hydroxylation is 1. The third-order valence-corrected chi connectivity index (χ3v) is 6.12. The molecule has 1 N–H and O–H groups in total. The maximum absolute atomic E-state index is 12.8. The van der Waals surface area contributed by atoms with Crippen LogP contribution in [0.15, 0.2) is 27.4 Å². The molecule has 3 aromatic rings. The Labute approximate surface area is 180 Å². The molecule has 0 unspecified atom stereocenters. The Morgan fingerprint density at radius 2 is 1.90 bits per heavy atom. The predicted molar refractivity (Wildman–Crippen MR) is 115 cm³/mol. The molecule has 1 amide bonds. The summed E-state index contributed by atoms with van der Waals surface area (Å²) in [5, 5.41) is 3.38. The lowest BCUT2D eigenvalue weighted by atomic mass is 10.1. The maximum Gasteiger partial charge on any atom is 0.341 e. The van der Waals surface area contributed by atoms with E-state index in [4.69, 9.17) is 20.8 Å². The molecule has 0 aliphatic carbocycles. The van der Waals surface area contributed by atoms with Crippen LogP contribution < -0.4 is 10.7 Å². The molecule has 0 fully saturated rings. The molecule has 9 heteroatoms. The van der Waals surface area contributed by atoms with Crippen molar-refractivity contribution in [2.24, 2.45) is 0 Å². The Kier molecular flexibility index (Phi) is 6.09. The van der Waals surface area contributed by atoms with Gasteiger partial charge in [0, 0.05) is 11.1 Å². The lowest BCUT2D eigenvalue weighted by Gasteiger charge is -2.08. The van der Waals surface area contributed by atoms with E-state index in [0.29, 0.717) is 21.0 Å². The molecule has 156 valence electrons. The zero-order chi connectivity index (χ0) is 22.2. The van der Waals surface area contributed by atoms with Crippen LogP contribution in [0.4, 0.5) is 5.00 Å². The average molecular weight is 448 g/mol. The summed E-state index contributed by atoms with van der Waals surface area (Å²) in [7, 11) is 0. The molecule has 7 nitrogen and oxygen atoms in total. The number of ether oxygens (including phenoxy) is 1. The van der Waals surface area contributed by atoms with Gasteiger partial charge in [0.05, 0.1) is 22.4 Å². The summed E-state index contributed by atoms with van der Waals surface area (Å²) < 4.78 is 10.6. The minimum Gasteiger partial charge on any atom is -0.462 e. The Bertz CT molecular complexity index is 1260. The highest BCUT2D eigenvalue weighted by Crippen LogP contribution is 2.34. The normalized spacial score (nSPS) is 10.8. The first-order chi connectivity index (χ1) is 14.1. The van der Waals surface area contributed by atoms with E-state index in [9.17, 15) is 19.2 Å². The summed E-state index contributed by atoms with van der Waals surface area (Å²) in [6, 6.07) is 4.11. The monoisotopic (exact) mass is 447 g/mol. The number of ketones is 1. The molecule has 30 heavy (non-hydrogen) atoms. The lowest BCUT2D eigenvalue weighted by Crippen LogP contribution is -2.17. The summed E-state index contributed by atoms with van der Waals surface area (Å²) in [5.41, 5.74) is 1.000. The summed E-state index contributed by atoms with van der Waals surface area (Å²) in [4.78, 5) is 49.8. The molecule has 0 saturated carbocycles. The van der Waals surface area contributed by atoms with Crippen LogP contribution >= 0.6 is 22.9 Å². The van der Waals surface area contributed by atoms with Crippen molar-refractivity contribution >= 4 is 56.6 Å². The molecule has 0 saturated heterocycles. The fraction of sp³-hybridized carbons (Fsp3) is 0.238. The fourth-order valence-corrected chi connectivity index (χ4v) is 4.19. The molecule has 1 aromatic carbocycles. The Balaban J connectivity index is 2.05. The van der Waals surface area contributed by atoms with E-state index in [0.717, 1.165) is 17.4 Å². The van der Waals surface area contributed by atoms with Crippen molar-refractivity contribution in [3.8, 4) is 0 Å². The van der Waals surface area contributed by atoms with E-state index in [1.54, 1.807) is 26.8 Å². The van der Waals surface area contributed by atoms with Crippen LogP contribution in [0.25, 0.3) is 11.0 Å². The van der Waals surface area contributed by atoms with Gasteiger partial charge in [-0.15, -0.1) is 11.3 Å². The topological polar surface area (TPSA) is 103 Å². The van der Waals surface area contributed by atoms with Crippen LogP contribution in [0.2, 0.25) is 5.02 Å². The maximum atomic E-state index is 12.8. The molecule has 0 aliphatic heterocycles. The van der Waals surface area contributed by atoms with E-state index in [1.807, 2.05) is 0 Å². The second-order valence-electron chi connectivity index (χ2n) is 6.56. The number of hydrogen-bond donors (Lipinski definition) is 1. The number of carbonyl (C=O) groups is 3. The zero-order valence-electron chi connectivity index (χ0n) is 16.7. The standard InChI is InChI=1S/C21H18ClNO6S/c1-5-28-21(27)17-10(3)18(11(4)24)30-20(17)23-19(26)16-8-14(25)12-7-13(22)9(2)6-15(12)29-16/h6-8H,5H2,1-4H3,(H,23,26). The number of thiophene rings is 1.